The molecule has 2 rings (SSSR count). The number of allylic oxidation sites excluding steroid dienone is 5. The van der Waals surface area contributed by atoms with Gasteiger partial charge in [-0.25, -0.2) is 0 Å². The molecule has 2 N–H and O–H groups in total. The van der Waals surface area contributed by atoms with Crippen LogP contribution in [-0.4, -0.2) is 26.1 Å². The summed E-state index contributed by atoms with van der Waals surface area (Å²) in [5.41, 5.74) is 6.88. The lowest BCUT2D eigenvalue weighted by atomic mass is 9.66. The van der Waals surface area contributed by atoms with Crippen LogP contribution in [0.3, 0.4) is 0 Å². The van der Waals surface area contributed by atoms with Gasteiger partial charge in [-0.15, -0.1) is 13.2 Å². The van der Waals surface area contributed by atoms with Crippen molar-refractivity contribution in [1.29, 1.82) is 0 Å². The quantitative estimate of drug-likeness (QED) is 0.557. The average Bonchev–Trinajstić information content (AvgIpc) is 2.89. The van der Waals surface area contributed by atoms with Crippen LogP contribution in [0.5, 0.6) is 0 Å². The maximum atomic E-state index is 12.5. The van der Waals surface area contributed by atoms with Crippen LogP contribution in [0.25, 0.3) is 0 Å². The van der Waals surface area contributed by atoms with E-state index in [1.807, 2.05) is 13.0 Å². The van der Waals surface area contributed by atoms with Gasteiger partial charge in [-0.3, -0.25) is 0 Å². The summed E-state index contributed by atoms with van der Waals surface area (Å²) < 4.78 is 47.4. The smallest absolute Gasteiger partial charge is 0.406 e. The highest BCUT2D eigenvalue weighted by molar-refractivity contribution is 5.34. The van der Waals surface area contributed by atoms with Crippen molar-refractivity contribution >= 4 is 0 Å². The van der Waals surface area contributed by atoms with E-state index in [0.717, 1.165) is 37.9 Å². The van der Waals surface area contributed by atoms with Crippen LogP contribution < -0.4 is 5.73 Å². The molecule has 0 aromatic heterocycles. The van der Waals surface area contributed by atoms with Gasteiger partial charge in [0.2, 0.25) is 0 Å². The molecule has 1 saturated carbocycles. The van der Waals surface area contributed by atoms with Gasteiger partial charge < -0.3 is 15.2 Å². The Morgan fingerprint density at radius 3 is 2.44 bits per heavy atom. The first-order valence-corrected chi connectivity index (χ1v) is 9.84. The second-order valence-electron chi connectivity index (χ2n) is 8.00. The molecule has 0 aromatic carbocycles. The fraction of sp³-hybridized carbons (Fsp3) is 0.714. The number of alkyl halides is 3. The molecule has 0 bridgehead atoms. The van der Waals surface area contributed by atoms with Crippen LogP contribution in [0.2, 0.25) is 0 Å². The van der Waals surface area contributed by atoms with E-state index >= 15 is 0 Å². The molecule has 0 aromatic rings. The highest BCUT2D eigenvalue weighted by atomic mass is 19.4. The third-order valence-electron chi connectivity index (χ3n) is 5.75. The molecule has 0 aliphatic heterocycles. The zero-order chi connectivity index (χ0) is 20.0. The fourth-order valence-electron chi connectivity index (χ4n) is 4.56. The Hall–Kier alpha value is -1.27. The van der Waals surface area contributed by atoms with E-state index in [4.69, 9.17) is 10.5 Å². The summed E-state index contributed by atoms with van der Waals surface area (Å²) in [5.74, 6) is -0.159. The maximum Gasteiger partial charge on any atom is 0.573 e. The zero-order valence-electron chi connectivity index (χ0n) is 16.4. The topological polar surface area (TPSA) is 44.5 Å². The van der Waals surface area contributed by atoms with Crippen LogP contribution in [0.4, 0.5) is 13.2 Å². The maximum absolute atomic E-state index is 12.5. The summed E-state index contributed by atoms with van der Waals surface area (Å²) in [4.78, 5) is 0. The molecule has 6 heteroatoms. The Labute approximate surface area is 160 Å². The van der Waals surface area contributed by atoms with Crippen molar-refractivity contribution < 1.29 is 22.6 Å². The molecule has 0 radical (unpaired) electrons. The van der Waals surface area contributed by atoms with Gasteiger partial charge in [-0.05, 0) is 74.1 Å². The lowest BCUT2D eigenvalue weighted by molar-refractivity contribution is -0.303. The Morgan fingerprint density at radius 1 is 1.15 bits per heavy atom. The van der Waals surface area contributed by atoms with Gasteiger partial charge in [0.15, 0.2) is 0 Å². The Balaban J connectivity index is 2.19. The van der Waals surface area contributed by atoms with E-state index < -0.39 is 6.36 Å². The second kappa shape index (κ2) is 9.28. The van der Waals surface area contributed by atoms with Gasteiger partial charge >= 0.3 is 6.36 Å². The first-order chi connectivity index (χ1) is 12.7. The summed E-state index contributed by atoms with van der Waals surface area (Å²) in [6.45, 7) is 6.15. The third-order valence-corrected chi connectivity index (χ3v) is 5.75. The van der Waals surface area contributed by atoms with Crippen LogP contribution >= 0.6 is 0 Å². The lowest BCUT2D eigenvalue weighted by Crippen LogP contribution is -2.34. The molecule has 2 aliphatic carbocycles. The monoisotopic (exact) mass is 387 g/mol. The summed E-state index contributed by atoms with van der Waals surface area (Å²) in [5, 5.41) is 0. The molecule has 3 nitrogen and oxygen atoms in total. The average molecular weight is 387 g/mol. The second-order valence-corrected chi connectivity index (χ2v) is 8.00. The minimum Gasteiger partial charge on any atom is -0.406 e. The lowest BCUT2D eigenvalue weighted by Gasteiger charge is -2.40. The largest absolute Gasteiger partial charge is 0.573 e. The van der Waals surface area contributed by atoms with Crippen LogP contribution in [0, 0.1) is 10.8 Å². The molecule has 0 saturated heterocycles. The van der Waals surface area contributed by atoms with E-state index in [-0.39, 0.29) is 16.6 Å². The minimum atomic E-state index is -4.67. The number of hydrogen-bond donors (Lipinski definition) is 1. The molecule has 0 spiro atoms. The Morgan fingerprint density at radius 2 is 1.85 bits per heavy atom. The first kappa shape index (κ1) is 22.0. The van der Waals surface area contributed by atoms with Crippen molar-refractivity contribution in [3.05, 3.63) is 35.6 Å². The number of nitrogens with two attached hydrogens (primary N) is 1. The number of ether oxygens (including phenoxy) is 2. The summed E-state index contributed by atoms with van der Waals surface area (Å²) >= 11 is 0. The molecule has 0 amide bonds. The molecular weight excluding hydrogens is 355 g/mol. The van der Waals surface area contributed by atoms with Crippen molar-refractivity contribution in [3.63, 3.8) is 0 Å². The molecule has 2 aliphatic rings. The van der Waals surface area contributed by atoms with E-state index in [1.165, 1.54) is 25.0 Å². The number of hydrogen-bond acceptors (Lipinski definition) is 3. The number of rotatable bonds is 9. The van der Waals surface area contributed by atoms with Gasteiger partial charge in [0.1, 0.15) is 5.76 Å². The molecule has 0 unspecified atom stereocenters. The summed E-state index contributed by atoms with van der Waals surface area (Å²) in [6, 6.07) is 0. The molecule has 154 valence electrons. The Bertz CT molecular complexity index is 574. The molecule has 27 heavy (non-hydrogen) atoms. The highest BCUT2D eigenvalue weighted by Crippen LogP contribution is 2.51. The Kier molecular flexibility index (Phi) is 7.57. The van der Waals surface area contributed by atoms with Gasteiger partial charge in [-0.2, -0.15) is 0 Å². The van der Waals surface area contributed by atoms with E-state index in [1.54, 1.807) is 6.08 Å². The van der Waals surface area contributed by atoms with Crippen LogP contribution in [0.15, 0.2) is 35.6 Å². The van der Waals surface area contributed by atoms with Crippen molar-refractivity contribution in [2.24, 2.45) is 16.6 Å². The van der Waals surface area contributed by atoms with Crippen molar-refractivity contribution in [3.8, 4) is 0 Å². The van der Waals surface area contributed by atoms with Gasteiger partial charge in [0.25, 0.3) is 0 Å². The molecular formula is C21H32F3NO2. The zero-order valence-corrected chi connectivity index (χ0v) is 16.4. The predicted octanol–water partition coefficient (Wildman–Crippen LogP) is 5.64. The van der Waals surface area contributed by atoms with Crippen LogP contribution in [-0.2, 0) is 9.47 Å². The standard InChI is InChI=1S/C21H32F3NO2/c1-3-26-16-20(11-4-5-12-20)15-19(2,13-14-25)17-7-6-8-18(10-9-17)27-21(22,23)24/h7-10H,3-6,11-16,25H2,1-2H3/t19-/m0/s1. The van der Waals surface area contributed by atoms with Crippen molar-refractivity contribution in [2.45, 2.75) is 65.2 Å². The fourth-order valence-corrected chi connectivity index (χ4v) is 4.56. The number of halogens is 3. The SMILES string of the molecule is CCOCC1(C[C@](C)(CCN)C2=CCC=C(OC(F)(F)F)C=C2)CCCC1. The summed E-state index contributed by atoms with van der Waals surface area (Å²) in [6.07, 6.45) is 8.77. The molecule has 1 atom stereocenters. The third kappa shape index (κ3) is 6.39. The molecule has 0 heterocycles. The van der Waals surface area contributed by atoms with Gasteiger partial charge in [0.05, 0.1) is 6.61 Å². The van der Waals surface area contributed by atoms with Gasteiger partial charge in [0, 0.05) is 6.61 Å². The predicted molar refractivity (Wildman–Crippen MR) is 101 cm³/mol. The normalized spacial score (nSPS) is 22.0. The van der Waals surface area contributed by atoms with E-state index in [2.05, 4.69) is 11.7 Å². The van der Waals surface area contributed by atoms with E-state index in [9.17, 15) is 13.2 Å². The van der Waals surface area contributed by atoms with Crippen LogP contribution in [0.1, 0.15) is 58.8 Å². The summed E-state index contributed by atoms with van der Waals surface area (Å²) in [7, 11) is 0. The van der Waals surface area contributed by atoms with Gasteiger partial charge in [-0.1, -0.05) is 31.9 Å². The van der Waals surface area contributed by atoms with Crippen molar-refractivity contribution in [1.82, 2.24) is 0 Å². The minimum absolute atomic E-state index is 0.125. The highest BCUT2D eigenvalue weighted by Gasteiger charge is 2.42. The van der Waals surface area contributed by atoms with Crippen molar-refractivity contribution in [2.75, 3.05) is 19.8 Å². The first-order valence-electron chi connectivity index (χ1n) is 9.84. The van der Waals surface area contributed by atoms with E-state index in [0.29, 0.717) is 19.6 Å². The molecule has 1 fully saturated rings.